The average Bonchev–Trinajstić information content (AvgIpc) is 3.46. The van der Waals surface area contributed by atoms with E-state index in [1.54, 1.807) is 59.3 Å². The number of nitrogens with zero attached hydrogens (tertiary/aromatic N) is 2. The number of benzene rings is 3. The molecule has 2 aromatic heterocycles. The number of fused-ring (bicyclic) bond motifs is 1. The zero-order valence-electron chi connectivity index (χ0n) is 19.7. The van der Waals surface area contributed by atoms with Crippen LogP contribution in [0.4, 0.5) is 11.4 Å². The van der Waals surface area contributed by atoms with Crippen molar-refractivity contribution >= 4 is 60.5 Å². The third-order valence-electron chi connectivity index (χ3n) is 5.59. The van der Waals surface area contributed by atoms with Crippen LogP contribution in [0.2, 0.25) is 5.02 Å². The number of anilines is 2. The van der Waals surface area contributed by atoms with E-state index in [0.29, 0.717) is 27.0 Å². The van der Waals surface area contributed by atoms with Crippen LogP contribution >= 0.6 is 22.9 Å². The Morgan fingerprint density at radius 1 is 1.03 bits per heavy atom. The lowest BCUT2D eigenvalue weighted by molar-refractivity contribution is 0.103. The zero-order valence-corrected chi connectivity index (χ0v) is 22.1. The number of rotatable bonds is 7. The van der Waals surface area contributed by atoms with Gasteiger partial charge in [0.2, 0.25) is 0 Å². The SMILES string of the molecule is COc1ccccc1NS(=O)(=O)c1cccc(NC(=O)c2cc3c(C)nn(-c4ccc(Cl)cc4)c3s2)c1. The maximum atomic E-state index is 13.1. The monoisotopic (exact) mass is 552 g/mol. The molecule has 188 valence electrons. The minimum Gasteiger partial charge on any atom is -0.495 e. The van der Waals surface area contributed by atoms with Crippen LogP contribution in [0.25, 0.3) is 15.9 Å². The van der Waals surface area contributed by atoms with Crippen LogP contribution in [-0.2, 0) is 10.0 Å². The lowest BCUT2D eigenvalue weighted by atomic mass is 10.3. The highest BCUT2D eigenvalue weighted by atomic mass is 35.5. The second-order valence-corrected chi connectivity index (χ2v) is 11.2. The molecule has 8 nitrogen and oxygen atoms in total. The van der Waals surface area contributed by atoms with E-state index in [1.165, 1.54) is 30.6 Å². The molecular formula is C26H21ClN4O4S2. The minimum absolute atomic E-state index is 0.00164. The van der Waals surface area contributed by atoms with E-state index >= 15 is 0 Å². The van der Waals surface area contributed by atoms with Crippen molar-refractivity contribution in [1.82, 2.24) is 9.78 Å². The first kappa shape index (κ1) is 24.8. The second-order valence-electron chi connectivity index (χ2n) is 8.09. The molecule has 0 aliphatic carbocycles. The van der Waals surface area contributed by atoms with Crippen LogP contribution in [0.3, 0.4) is 0 Å². The second kappa shape index (κ2) is 9.89. The Kier molecular flexibility index (Phi) is 6.63. The summed E-state index contributed by atoms with van der Waals surface area (Å²) in [6, 6.07) is 21.9. The van der Waals surface area contributed by atoms with Gasteiger partial charge in [-0.3, -0.25) is 9.52 Å². The first-order valence-electron chi connectivity index (χ1n) is 11.1. The number of thiophene rings is 1. The van der Waals surface area contributed by atoms with Gasteiger partial charge < -0.3 is 10.1 Å². The molecule has 11 heteroatoms. The predicted octanol–water partition coefficient (Wildman–Crippen LogP) is 6.11. The number of ether oxygens (including phenoxy) is 1. The smallest absolute Gasteiger partial charge is 0.265 e. The molecule has 0 atom stereocenters. The van der Waals surface area contributed by atoms with E-state index in [1.807, 2.05) is 19.1 Å². The van der Waals surface area contributed by atoms with Gasteiger partial charge in [0, 0.05) is 16.1 Å². The van der Waals surface area contributed by atoms with Gasteiger partial charge in [-0.2, -0.15) is 5.10 Å². The number of sulfonamides is 1. The van der Waals surface area contributed by atoms with Crippen molar-refractivity contribution in [1.29, 1.82) is 0 Å². The summed E-state index contributed by atoms with van der Waals surface area (Å²) < 4.78 is 35.5. The molecule has 0 saturated carbocycles. The molecule has 2 heterocycles. The number of amides is 1. The summed E-state index contributed by atoms with van der Waals surface area (Å²) in [7, 11) is -2.46. The fourth-order valence-corrected chi connectivity index (χ4v) is 6.10. The topological polar surface area (TPSA) is 102 Å². The largest absolute Gasteiger partial charge is 0.495 e. The summed E-state index contributed by atoms with van der Waals surface area (Å²) >= 11 is 7.31. The molecule has 0 unspecified atom stereocenters. The summed E-state index contributed by atoms with van der Waals surface area (Å²) in [6.07, 6.45) is 0. The van der Waals surface area contributed by atoms with Crippen molar-refractivity contribution in [3.63, 3.8) is 0 Å². The molecule has 0 spiro atoms. The highest BCUT2D eigenvalue weighted by molar-refractivity contribution is 7.92. The van der Waals surface area contributed by atoms with Crippen molar-refractivity contribution < 1.29 is 17.9 Å². The lowest BCUT2D eigenvalue weighted by Crippen LogP contribution is -2.15. The number of aromatic nitrogens is 2. The van der Waals surface area contributed by atoms with E-state index in [4.69, 9.17) is 16.3 Å². The van der Waals surface area contributed by atoms with Crippen LogP contribution in [0.5, 0.6) is 5.75 Å². The van der Waals surface area contributed by atoms with E-state index < -0.39 is 10.0 Å². The predicted molar refractivity (Wildman–Crippen MR) is 147 cm³/mol. The number of para-hydroxylation sites is 2. The van der Waals surface area contributed by atoms with Gasteiger partial charge in [0.1, 0.15) is 10.6 Å². The maximum Gasteiger partial charge on any atom is 0.265 e. The van der Waals surface area contributed by atoms with Gasteiger partial charge >= 0.3 is 0 Å². The minimum atomic E-state index is -3.93. The number of methoxy groups -OCH3 is 1. The average molecular weight is 553 g/mol. The number of nitrogens with one attached hydrogen (secondary N) is 2. The Morgan fingerprint density at radius 3 is 2.54 bits per heavy atom. The standard InChI is InChI=1S/C26H21ClN4O4S2/c1-16-21-15-24(36-26(21)31(29-16)19-12-10-17(27)11-13-19)25(32)28-18-6-5-7-20(14-18)37(33,34)30-22-8-3-4-9-23(22)35-2/h3-15,30H,1-2H3,(H,28,32). The van der Waals surface area contributed by atoms with Crippen molar-refractivity contribution in [2.75, 3.05) is 17.1 Å². The third-order valence-corrected chi connectivity index (χ3v) is 8.32. The molecule has 5 aromatic rings. The quantitative estimate of drug-likeness (QED) is 0.253. The van der Waals surface area contributed by atoms with Gasteiger partial charge in [-0.05, 0) is 67.6 Å². The Morgan fingerprint density at radius 2 is 1.78 bits per heavy atom. The number of aryl methyl sites for hydroxylation is 1. The number of carbonyl (C=O) groups is 1. The van der Waals surface area contributed by atoms with Gasteiger partial charge in [-0.15, -0.1) is 11.3 Å². The summed E-state index contributed by atoms with van der Waals surface area (Å²) in [5, 5.41) is 8.88. The molecule has 3 aromatic carbocycles. The molecule has 0 aliphatic rings. The first-order chi connectivity index (χ1) is 17.7. The fraction of sp³-hybridized carbons (Fsp3) is 0.0769. The number of hydrogen-bond donors (Lipinski definition) is 2. The van der Waals surface area contributed by atoms with Crippen molar-refractivity contribution in [2.24, 2.45) is 0 Å². The summed E-state index contributed by atoms with van der Waals surface area (Å²) in [5.41, 5.74) is 2.28. The van der Waals surface area contributed by atoms with Gasteiger partial charge in [-0.25, -0.2) is 13.1 Å². The molecule has 0 saturated heterocycles. The Hall–Kier alpha value is -3.86. The molecule has 0 fully saturated rings. The number of hydrogen-bond acceptors (Lipinski definition) is 6. The highest BCUT2D eigenvalue weighted by Gasteiger charge is 2.20. The van der Waals surface area contributed by atoms with E-state index in [0.717, 1.165) is 21.6 Å². The van der Waals surface area contributed by atoms with Crippen molar-refractivity contribution in [3.05, 3.63) is 94.5 Å². The number of carbonyl (C=O) groups excluding carboxylic acids is 1. The zero-order chi connectivity index (χ0) is 26.2. The Labute approximate surface area is 222 Å². The Bertz CT molecular complexity index is 1730. The first-order valence-corrected chi connectivity index (χ1v) is 13.8. The van der Waals surface area contributed by atoms with Gasteiger partial charge in [-0.1, -0.05) is 29.8 Å². The molecule has 2 N–H and O–H groups in total. The van der Waals surface area contributed by atoms with E-state index in [9.17, 15) is 13.2 Å². The molecule has 5 rings (SSSR count). The fourth-order valence-electron chi connectivity index (χ4n) is 3.78. The van der Waals surface area contributed by atoms with Crippen LogP contribution in [0, 0.1) is 6.92 Å². The summed E-state index contributed by atoms with van der Waals surface area (Å²) in [6.45, 7) is 1.88. The van der Waals surface area contributed by atoms with Crippen molar-refractivity contribution in [3.8, 4) is 11.4 Å². The summed E-state index contributed by atoms with van der Waals surface area (Å²) in [5.74, 6) is 0.0447. The molecule has 0 radical (unpaired) electrons. The molecule has 37 heavy (non-hydrogen) atoms. The molecule has 1 amide bonds. The lowest BCUT2D eigenvalue weighted by Gasteiger charge is -2.12. The summed E-state index contributed by atoms with van der Waals surface area (Å²) in [4.78, 5) is 14.4. The van der Waals surface area contributed by atoms with E-state index in [-0.39, 0.29) is 10.8 Å². The maximum absolute atomic E-state index is 13.1. The Balaban J connectivity index is 1.39. The van der Waals surface area contributed by atoms with Crippen LogP contribution in [0.15, 0.2) is 83.8 Å². The number of halogens is 1. The van der Waals surface area contributed by atoms with Gasteiger partial charge in [0.25, 0.3) is 15.9 Å². The van der Waals surface area contributed by atoms with E-state index in [2.05, 4.69) is 15.1 Å². The van der Waals surface area contributed by atoms with Gasteiger partial charge in [0.15, 0.2) is 0 Å². The molecule has 0 bridgehead atoms. The highest BCUT2D eigenvalue weighted by Crippen LogP contribution is 2.32. The van der Waals surface area contributed by atoms with Crippen LogP contribution in [-0.4, -0.2) is 31.2 Å². The van der Waals surface area contributed by atoms with Crippen molar-refractivity contribution in [2.45, 2.75) is 11.8 Å². The van der Waals surface area contributed by atoms with Gasteiger partial charge in [0.05, 0.1) is 34.0 Å². The third kappa shape index (κ3) is 5.04. The molecular weight excluding hydrogens is 532 g/mol. The normalized spacial score (nSPS) is 11.4. The molecule has 0 aliphatic heterocycles. The van der Waals surface area contributed by atoms with Crippen LogP contribution in [0.1, 0.15) is 15.4 Å². The van der Waals surface area contributed by atoms with Crippen LogP contribution < -0.4 is 14.8 Å².